The second-order valence-electron chi connectivity index (χ2n) is 6.01. The van der Waals surface area contributed by atoms with Gasteiger partial charge in [0, 0.05) is 13.1 Å². The van der Waals surface area contributed by atoms with Crippen molar-refractivity contribution in [1.82, 2.24) is 4.90 Å². The standard InChI is InChI=1S/C20H22N2O3/c1-25-18-13-7-6-12-17(18)19(23)22(16-10-4-2-5-11-16)20(24)21-14-8-3-9-15-21/h2,4-7,10-13H,3,8-9,14-15H2,1H3. The van der Waals surface area contributed by atoms with Gasteiger partial charge in [-0.25, -0.2) is 9.69 Å². The highest BCUT2D eigenvalue weighted by Crippen LogP contribution is 2.25. The van der Waals surface area contributed by atoms with Crippen molar-refractivity contribution in [2.75, 3.05) is 25.1 Å². The monoisotopic (exact) mass is 338 g/mol. The van der Waals surface area contributed by atoms with Gasteiger partial charge in [0.05, 0.1) is 18.4 Å². The van der Waals surface area contributed by atoms with Crippen LogP contribution in [0, 0.1) is 0 Å². The predicted molar refractivity (Wildman–Crippen MR) is 97.1 cm³/mol. The maximum Gasteiger partial charge on any atom is 0.331 e. The number of nitrogens with zero attached hydrogens (tertiary/aromatic N) is 2. The van der Waals surface area contributed by atoms with Crippen LogP contribution in [0.4, 0.5) is 10.5 Å². The molecule has 2 aromatic rings. The summed E-state index contributed by atoms with van der Waals surface area (Å²) >= 11 is 0. The zero-order chi connectivity index (χ0) is 17.6. The van der Waals surface area contributed by atoms with Crippen molar-refractivity contribution in [3.63, 3.8) is 0 Å². The maximum atomic E-state index is 13.2. The van der Waals surface area contributed by atoms with Crippen LogP contribution in [0.15, 0.2) is 54.6 Å². The molecular weight excluding hydrogens is 316 g/mol. The van der Waals surface area contributed by atoms with Gasteiger partial charge >= 0.3 is 6.03 Å². The number of benzene rings is 2. The summed E-state index contributed by atoms with van der Waals surface area (Å²) in [4.78, 5) is 29.3. The number of hydrogen-bond donors (Lipinski definition) is 0. The second-order valence-corrected chi connectivity index (χ2v) is 6.01. The van der Waals surface area contributed by atoms with Gasteiger partial charge in [0.2, 0.25) is 0 Å². The average molecular weight is 338 g/mol. The fraction of sp³-hybridized carbons (Fsp3) is 0.300. The van der Waals surface area contributed by atoms with E-state index in [0.29, 0.717) is 30.1 Å². The van der Waals surface area contributed by atoms with Crippen LogP contribution in [0.5, 0.6) is 5.75 Å². The van der Waals surface area contributed by atoms with Crippen molar-refractivity contribution in [2.45, 2.75) is 19.3 Å². The first-order valence-electron chi connectivity index (χ1n) is 8.54. The van der Waals surface area contributed by atoms with E-state index in [1.165, 1.54) is 12.0 Å². The van der Waals surface area contributed by atoms with E-state index in [0.717, 1.165) is 19.3 Å². The van der Waals surface area contributed by atoms with Gasteiger partial charge in [0.1, 0.15) is 5.75 Å². The first kappa shape index (κ1) is 17.0. The molecule has 25 heavy (non-hydrogen) atoms. The highest BCUT2D eigenvalue weighted by Gasteiger charge is 2.31. The Morgan fingerprint density at radius 1 is 0.920 bits per heavy atom. The molecule has 0 aliphatic carbocycles. The zero-order valence-electron chi connectivity index (χ0n) is 14.4. The smallest absolute Gasteiger partial charge is 0.331 e. The highest BCUT2D eigenvalue weighted by molar-refractivity contribution is 6.21. The Morgan fingerprint density at radius 2 is 1.56 bits per heavy atom. The molecule has 0 radical (unpaired) electrons. The molecule has 0 bridgehead atoms. The highest BCUT2D eigenvalue weighted by atomic mass is 16.5. The summed E-state index contributed by atoms with van der Waals surface area (Å²) in [6.45, 7) is 1.36. The van der Waals surface area contributed by atoms with Crippen molar-refractivity contribution in [1.29, 1.82) is 0 Å². The molecule has 1 aliphatic heterocycles. The molecule has 5 nitrogen and oxygen atoms in total. The Kier molecular flexibility index (Phi) is 5.33. The molecule has 3 rings (SSSR count). The van der Waals surface area contributed by atoms with Crippen molar-refractivity contribution in [3.05, 3.63) is 60.2 Å². The number of methoxy groups -OCH3 is 1. The van der Waals surface area contributed by atoms with Crippen molar-refractivity contribution in [3.8, 4) is 5.75 Å². The van der Waals surface area contributed by atoms with E-state index in [-0.39, 0.29) is 11.9 Å². The lowest BCUT2D eigenvalue weighted by molar-refractivity contribution is 0.0980. The predicted octanol–water partition coefficient (Wildman–Crippen LogP) is 3.95. The van der Waals surface area contributed by atoms with E-state index in [1.807, 2.05) is 18.2 Å². The lowest BCUT2D eigenvalue weighted by atomic mass is 10.1. The van der Waals surface area contributed by atoms with Gasteiger partial charge in [-0.1, -0.05) is 30.3 Å². The molecule has 0 atom stereocenters. The minimum absolute atomic E-state index is 0.276. The van der Waals surface area contributed by atoms with Crippen LogP contribution in [0.25, 0.3) is 0 Å². The number of urea groups is 1. The summed E-state index contributed by atoms with van der Waals surface area (Å²) in [6.07, 6.45) is 3.06. The topological polar surface area (TPSA) is 49.9 Å². The summed E-state index contributed by atoms with van der Waals surface area (Å²) in [5, 5.41) is 0. The second kappa shape index (κ2) is 7.83. The Balaban J connectivity index is 1.99. The lowest BCUT2D eigenvalue weighted by Crippen LogP contribution is -2.48. The van der Waals surface area contributed by atoms with Gasteiger partial charge in [0.15, 0.2) is 0 Å². The summed E-state index contributed by atoms with van der Waals surface area (Å²) in [7, 11) is 1.52. The first-order valence-corrected chi connectivity index (χ1v) is 8.54. The fourth-order valence-electron chi connectivity index (χ4n) is 3.06. The molecule has 1 saturated heterocycles. The third kappa shape index (κ3) is 3.65. The fourth-order valence-corrected chi connectivity index (χ4v) is 3.06. The van der Waals surface area contributed by atoms with Crippen LogP contribution in [0.1, 0.15) is 29.6 Å². The van der Waals surface area contributed by atoms with Crippen molar-refractivity contribution in [2.24, 2.45) is 0 Å². The molecule has 0 spiro atoms. The van der Waals surface area contributed by atoms with E-state index in [2.05, 4.69) is 0 Å². The number of piperidine rings is 1. The summed E-state index contributed by atoms with van der Waals surface area (Å²) in [5.41, 5.74) is 0.938. The first-order chi connectivity index (χ1) is 12.2. The molecule has 130 valence electrons. The molecule has 2 aromatic carbocycles. The van der Waals surface area contributed by atoms with Crippen LogP contribution in [-0.2, 0) is 0 Å². The van der Waals surface area contributed by atoms with Crippen LogP contribution in [-0.4, -0.2) is 37.0 Å². The summed E-state index contributed by atoms with van der Waals surface area (Å²) < 4.78 is 5.31. The maximum absolute atomic E-state index is 13.2. The number of likely N-dealkylation sites (tertiary alicyclic amines) is 1. The van der Waals surface area contributed by atoms with Gasteiger partial charge in [-0.05, 0) is 43.5 Å². The molecule has 3 amide bonds. The van der Waals surface area contributed by atoms with Crippen LogP contribution in [0.3, 0.4) is 0 Å². The third-order valence-electron chi connectivity index (χ3n) is 4.37. The molecule has 1 heterocycles. The SMILES string of the molecule is COc1ccccc1C(=O)N(C(=O)N1CCCCC1)c1ccccc1. The number of amides is 3. The van der Waals surface area contributed by atoms with Crippen LogP contribution < -0.4 is 9.64 Å². The Labute approximate surface area is 147 Å². The number of para-hydroxylation sites is 2. The number of rotatable bonds is 3. The summed E-state index contributed by atoms with van der Waals surface area (Å²) in [6, 6.07) is 15.7. The Morgan fingerprint density at radius 3 is 2.24 bits per heavy atom. The van der Waals surface area contributed by atoms with Crippen molar-refractivity contribution >= 4 is 17.6 Å². The zero-order valence-corrected chi connectivity index (χ0v) is 14.4. The van der Waals surface area contributed by atoms with Crippen molar-refractivity contribution < 1.29 is 14.3 Å². The molecule has 0 aromatic heterocycles. The largest absolute Gasteiger partial charge is 0.496 e. The van der Waals surface area contributed by atoms with E-state index in [9.17, 15) is 9.59 Å². The molecule has 5 heteroatoms. The van der Waals surface area contributed by atoms with Gasteiger partial charge in [-0.3, -0.25) is 4.79 Å². The molecule has 0 saturated carbocycles. The van der Waals surface area contributed by atoms with Crippen LogP contribution >= 0.6 is 0 Å². The summed E-state index contributed by atoms with van der Waals surface area (Å²) in [5.74, 6) is 0.0825. The minimum atomic E-state index is -0.376. The molecule has 0 N–H and O–H groups in total. The molecule has 0 unspecified atom stereocenters. The van der Waals surface area contributed by atoms with E-state index < -0.39 is 0 Å². The van der Waals surface area contributed by atoms with E-state index in [4.69, 9.17) is 4.74 Å². The number of imide groups is 1. The molecular formula is C20H22N2O3. The average Bonchev–Trinajstić information content (AvgIpc) is 2.69. The normalized spacial score (nSPS) is 14.0. The van der Waals surface area contributed by atoms with Gasteiger partial charge in [-0.15, -0.1) is 0 Å². The van der Waals surface area contributed by atoms with E-state index in [1.54, 1.807) is 41.3 Å². The Hall–Kier alpha value is -2.82. The quantitative estimate of drug-likeness (QED) is 0.851. The minimum Gasteiger partial charge on any atom is -0.496 e. The number of carbonyl (C=O) groups excluding carboxylic acids is 2. The van der Waals surface area contributed by atoms with E-state index >= 15 is 0 Å². The Bertz CT molecular complexity index is 740. The number of hydrogen-bond acceptors (Lipinski definition) is 3. The third-order valence-corrected chi connectivity index (χ3v) is 4.37. The van der Waals surface area contributed by atoms with Gasteiger partial charge < -0.3 is 9.64 Å². The molecule has 1 fully saturated rings. The number of carbonyl (C=O) groups is 2. The van der Waals surface area contributed by atoms with Gasteiger partial charge in [-0.2, -0.15) is 0 Å². The number of anilines is 1. The van der Waals surface area contributed by atoms with Crippen LogP contribution in [0.2, 0.25) is 0 Å². The number of ether oxygens (including phenoxy) is 1. The van der Waals surface area contributed by atoms with Gasteiger partial charge in [0.25, 0.3) is 5.91 Å². The lowest BCUT2D eigenvalue weighted by Gasteiger charge is -2.32. The molecule has 1 aliphatic rings.